The third-order valence-electron chi connectivity index (χ3n) is 3.06. The maximum atomic E-state index is 11.8. The number of carbonyl (C=O) groups is 1. The number of benzene rings is 1. The van der Waals surface area contributed by atoms with Crippen molar-refractivity contribution >= 4 is 11.6 Å². The van der Waals surface area contributed by atoms with E-state index in [1.165, 1.54) is 18.4 Å². The first-order valence-corrected chi connectivity index (χ1v) is 6.70. The van der Waals surface area contributed by atoms with Crippen molar-refractivity contribution in [3.05, 3.63) is 29.8 Å². The van der Waals surface area contributed by atoms with Crippen molar-refractivity contribution in [1.29, 1.82) is 0 Å². The van der Waals surface area contributed by atoms with Crippen LogP contribution in [-0.4, -0.2) is 11.9 Å². The Labute approximate surface area is 110 Å². The van der Waals surface area contributed by atoms with Gasteiger partial charge in [-0.05, 0) is 36.5 Å². The molecule has 0 heterocycles. The van der Waals surface area contributed by atoms with Gasteiger partial charge in [-0.3, -0.25) is 4.79 Å². The van der Waals surface area contributed by atoms with Crippen molar-refractivity contribution in [2.45, 2.75) is 46.1 Å². The SMILES string of the molecule is CCCCc1ccc(NC(=O)C(N)C(C)C)cc1. The van der Waals surface area contributed by atoms with Crippen LogP contribution in [-0.2, 0) is 11.2 Å². The maximum Gasteiger partial charge on any atom is 0.241 e. The average molecular weight is 248 g/mol. The summed E-state index contributed by atoms with van der Waals surface area (Å²) in [5.74, 6) is 0.0279. The zero-order valence-electron chi connectivity index (χ0n) is 11.6. The monoisotopic (exact) mass is 248 g/mol. The zero-order valence-corrected chi connectivity index (χ0v) is 11.6. The van der Waals surface area contributed by atoms with Crippen LogP contribution in [0.25, 0.3) is 0 Å². The third kappa shape index (κ3) is 4.49. The normalized spacial score (nSPS) is 12.5. The molecule has 3 nitrogen and oxygen atoms in total. The Morgan fingerprint density at radius 2 is 1.89 bits per heavy atom. The number of unbranched alkanes of at least 4 members (excludes halogenated alkanes) is 1. The highest BCUT2D eigenvalue weighted by molar-refractivity contribution is 5.94. The van der Waals surface area contributed by atoms with Gasteiger partial charge in [-0.15, -0.1) is 0 Å². The van der Waals surface area contributed by atoms with E-state index in [0.717, 1.165) is 12.1 Å². The van der Waals surface area contributed by atoms with E-state index in [1.54, 1.807) is 0 Å². The van der Waals surface area contributed by atoms with Gasteiger partial charge in [-0.1, -0.05) is 39.3 Å². The summed E-state index contributed by atoms with van der Waals surface area (Å²) in [5.41, 5.74) is 7.92. The van der Waals surface area contributed by atoms with Crippen molar-refractivity contribution in [2.75, 3.05) is 5.32 Å². The Balaban J connectivity index is 2.55. The fourth-order valence-corrected chi connectivity index (χ4v) is 1.66. The molecule has 1 atom stereocenters. The molecule has 0 radical (unpaired) electrons. The van der Waals surface area contributed by atoms with Crippen molar-refractivity contribution in [3.8, 4) is 0 Å². The molecule has 1 aromatic rings. The predicted octanol–water partition coefficient (Wildman–Crippen LogP) is 2.95. The van der Waals surface area contributed by atoms with E-state index in [2.05, 4.69) is 24.4 Å². The third-order valence-corrected chi connectivity index (χ3v) is 3.06. The van der Waals surface area contributed by atoms with E-state index < -0.39 is 6.04 Å². The second kappa shape index (κ2) is 7.17. The summed E-state index contributed by atoms with van der Waals surface area (Å²) in [7, 11) is 0. The quantitative estimate of drug-likeness (QED) is 0.813. The Morgan fingerprint density at radius 3 is 2.39 bits per heavy atom. The molecule has 0 saturated heterocycles. The van der Waals surface area contributed by atoms with E-state index in [9.17, 15) is 4.79 Å². The van der Waals surface area contributed by atoms with Gasteiger partial charge in [0.25, 0.3) is 0 Å². The van der Waals surface area contributed by atoms with Crippen LogP contribution >= 0.6 is 0 Å². The summed E-state index contributed by atoms with van der Waals surface area (Å²) in [6, 6.07) is 7.55. The van der Waals surface area contributed by atoms with E-state index in [4.69, 9.17) is 5.73 Å². The number of nitrogens with two attached hydrogens (primary N) is 1. The molecule has 0 aromatic heterocycles. The lowest BCUT2D eigenvalue weighted by Crippen LogP contribution is -2.39. The minimum absolute atomic E-state index is 0.119. The van der Waals surface area contributed by atoms with E-state index >= 15 is 0 Å². The van der Waals surface area contributed by atoms with Crippen LogP contribution in [0.4, 0.5) is 5.69 Å². The molecule has 0 bridgehead atoms. The minimum Gasteiger partial charge on any atom is -0.325 e. The molecule has 1 amide bonds. The fraction of sp³-hybridized carbons (Fsp3) is 0.533. The molecule has 1 aromatic carbocycles. The molecule has 0 aliphatic heterocycles. The molecule has 0 aliphatic rings. The molecule has 0 spiro atoms. The molecule has 1 unspecified atom stereocenters. The van der Waals surface area contributed by atoms with Crippen molar-refractivity contribution in [2.24, 2.45) is 11.7 Å². The summed E-state index contributed by atoms with van der Waals surface area (Å²) in [4.78, 5) is 11.8. The molecular weight excluding hydrogens is 224 g/mol. The van der Waals surface area contributed by atoms with Gasteiger partial charge in [0.2, 0.25) is 5.91 Å². The lowest BCUT2D eigenvalue weighted by Gasteiger charge is -2.15. The molecule has 0 fully saturated rings. The largest absolute Gasteiger partial charge is 0.325 e. The molecule has 3 N–H and O–H groups in total. The highest BCUT2D eigenvalue weighted by atomic mass is 16.2. The van der Waals surface area contributed by atoms with Gasteiger partial charge in [0.15, 0.2) is 0 Å². The number of rotatable bonds is 6. The number of aryl methyl sites for hydroxylation is 1. The second-order valence-corrected chi connectivity index (χ2v) is 5.06. The van der Waals surface area contributed by atoms with Crippen LogP contribution in [0.1, 0.15) is 39.2 Å². The highest BCUT2D eigenvalue weighted by Crippen LogP contribution is 2.12. The molecular formula is C15H24N2O. The zero-order chi connectivity index (χ0) is 13.5. The van der Waals surface area contributed by atoms with Crippen LogP contribution in [0.3, 0.4) is 0 Å². The number of carbonyl (C=O) groups excluding carboxylic acids is 1. The van der Waals surface area contributed by atoms with Gasteiger partial charge in [-0.25, -0.2) is 0 Å². The molecule has 1 rings (SSSR count). The van der Waals surface area contributed by atoms with Crippen LogP contribution in [0.15, 0.2) is 24.3 Å². The Bertz CT molecular complexity index is 371. The minimum atomic E-state index is -0.454. The summed E-state index contributed by atoms with van der Waals surface area (Å²) in [6.07, 6.45) is 3.49. The smallest absolute Gasteiger partial charge is 0.241 e. The number of anilines is 1. The molecule has 0 aliphatic carbocycles. The van der Waals surface area contributed by atoms with Crippen molar-refractivity contribution in [1.82, 2.24) is 0 Å². The molecule has 18 heavy (non-hydrogen) atoms. The number of nitrogens with one attached hydrogen (secondary N) is 1. The Hall–Kier alpha value is -1.35. The summed E-state index contributed by atoms with van der Waals surface area (Å²) >= 11 is 0. The topological polar surface area (TPSA) is 55.1 Å². The van der Waals surface area contributed by atoms with Crippen LogP contribution in [0.5, 0.6) is 0 Å². The summed E-state index contributed by atoms with van der Waals surface area (Å²) in [6.45, 7) is 6.07. The van der Waals surface area contributed by atoms with E-state index in [1.807, 2.05) is 26.0 Å². The van der Waals surface area contributed by atoms with Crippen LogP contribution in [0.2, 0.25) is 0 Å². The second-order valence-electron chi connectivity index (χ2n) is 5.06. The molecule has 3 heteroatoms. The van der Waals surface area contributed by atoms with Crippen LogP contribution < -0.4 is 11.1 Å². The lowest BCUT2D eigenvalue weighted by atomic mass is 10.0. The number of hydrogen-bond donors (Lipinski definition) is 2. The first-order chi connectivity index (χ1) is 8.54. The van der Waals surface area contributed by atoms with E-state index in [0.29, 0.717) is 0 Å². The Morgan fingerprint density at radius 1 is 1.28 bits per heavy atom. The summed E-state index contributed by atoms with van der Waals surface area (Å²) < 4.78 is 0. The maximum absolute atomic E-state index is 11.8. The van der Waals surface area contributed by atoms with Gasteiger partial charge < -0.3 is 11.1 Å². The molecule has 0 saturated carbocycles. The first-order valence-electron chi connectivity index (χ1n) is 6.70. The first kappa shape index (κ1) is 14.7. The Kier molecular flexibility index (Phi) is 5.86. The predicted molar refractivity (Wildman–Crippen MR) is 76.5 cm³/mol. The number of amides is 1. The highest BCUT2D eigenvalue weighted by Gasteiger charge is 2.16. The van der Waals surface area contributed by atoms with Gasteiger partial charge >= 0.3 is 0 Å². The number of hydrogen-bond acceptors (Lipinski definition) is 2. The van der Waals surface area contributed by atoms with Gasteiger partial charge in [0.05, 0.1) is 6.04 Å². The van der Waals surface area contributed by atoms with E-state index in [-0.39, 0.29) is 11.8 Å². The van der Waals surface area contributed by atoms with Crippen molar-refractivity contribution in [3.63, 3.8) is 0 Å². The van der Waals surface area contributed by atoms with Gasteiger partial charge in [-0.2, -0.15) is 0 Å². The van der Waals surface area contributed by atoms with Gasteiger partial charge in [0, 0.05) is 5.69 Å². The van der Waals surface area contributed by atoms with Crippen molar-refractivity contribution < 1.29 is 4.79 Å². The summed E-state index contributed by atoms with van der Waals surface area (Å²) in [5, 5.41) is 2.84. The fourth-order valence-electron chi connectivity index (χ4n) is 1.66. The lowest BCUT2D eigenvalue weighted by molar-refractivity contribution is -0.118. The van der Waals surface area contributed by atoms with Gasteiger partial charge in [0.1, 0.15) is 0 Å². The van der Waals surface area contributed by atoms with Crippen LogP contribution in [0, 0.1) is 5.92 Å². The standard InChI is InChI=1S/C15H24N2O/c1-4-5-6-12-7-9-13(10-8-12)17-15(18)14(16)11(2)3/h7-11,14H,4-6,16H2,1-3H3,(H,17,18). The average Bonchev–Trinajstić information content (AvgIpc) is 2.36. The molecule has 100 valence electrons.